The second-order valence-electron chi connectivity index (χ2n) is 15.0. The molecular formula is C40H74O14. The van der Waals surface area contributed by atoms with Gasteiger partial charge < -0.3 is 59.1 Å². The van der Waals surface area contributed by atoms with Crippen molar-refractivity contribution >= 4 is 11.9 Å². The summed E-state index contributed by atoms with van der Waals surface area (Å²) in [5.74, 6) is -1.58. The molecule has 54 heavy (non-hydrogen) atoms. The van der Waals surface area contributed by atoms with Crippen LogP contribution in [0.25, 0.3) is 0 Å². The van der Waals surface area contributed by atoms with Gasteiger partial charge in [-0.1, -0.05) is 129 Å². The second-order valence-corrected chi connectivity index (χ2v) is 15.0. The molecule has 0 aliphatic carbocycles. The van der Waals surface area contributed by atoms with E-state index in [1.54, 1.807) is 0 Å². The Kier molecular flexibility index (Phi) is 26.8. The van der Waals surface area contributed by atoms with E-state index in [1.165, 1.54) is 77.0 Å². The van der Waals surface area contributed by atoms with Crippen molar-refractivity contribution < 1.29 is 68.6 Å². The highest BCUT2D eigenvalue weighted by Gasteiger charge is 2.46. The molecule has 2 aliphatic heterocycles. The highest BCUT2D eigenvalue weighted by atomic mass is 16.7. The molecule has 2 rings (SSSR count). The number of carbonyl (C=O) groups excluding carboxylic acids is 2. The van der Waals surface area contributed by atoms with Crippen LogP contribution in [-0.4, -0.2) is 130 Å². The van der Waals surface area contributed by atoms with Crippen molar-refractivity contribution in [2.24, 2.45) is 0 Å². The molecule has 0 unspecified atom stereocenters. The lowest BCUT2D eigenvalue weighted by Gasteiger charge is -2.40. The number of unbranched alkanes of at least 4 members (excludes halogenated alkanes) is 18. The normalized spacial score (nSPS) is 28.6. The molecule has 6 N–H and O–H groups in total. The van der Waals surface area contributed by atoms with Gasteiger partial charge in [-0.05, 0) is 12.8 Å². The van der Waals surface area contributed by atoms with Crippen LogP contribution in [0.2, 0.25) is 0 Å². The molecular weight excluding hydrogens is 704 g/mol. The van der Waals surface area contributed by atoms with Gasteiger partial charge in [0.25, 0.3) is 0 Å². The van der Waals surface area contributed by atoms with Gasteiger partial charge in [-0.3, -0.25) is 9.59 Å². The molecule has 0 aromatic carbocycles. The lowest BCUT2D eigenvalue weighted by atomic mass is 9.99. The summed E-state index contributed by atoms with van der Waals surface area (Å²) in [6.07, 6.45) is 8.40. The predicted octanol–water partition coefficient (Wildman–Crippen LogP) is 4.34. The lowest BCUT2D eigenvalue weighted by Crippen LogP contribution is -2.59. The van der Waals surface area contributed by atoms with Gasteiger partial charge in [0.1, 0.15) is 62.0 Å². The summed E-state index contributed by atoms with van der Waals surface area (Å²) in [5.41, 5.74) is 0. The molecule has 0 bridgehead atoms. The molecule has 2 heterocycles. The number of aliphatic hydroxyl groups excluding tert-OH is 6. The number of hydrogen-bond donors (Lipinski definition) is 6. The molecule has 2 aliphatic rings. The summed E-state index contributed by atoms with van der Waals surface area (Å²) in [5, 5.41) is 62.1. The van der Waals surface area contributed by atoms with E-state index in [0.717, 1.165) is 51.4 Å². The number of rotatable bonds is 31. The minimum absolute atomic E-state index is 0.297. The van der Waals surface area contributed by atoms with Crippen molar-refractivity contribution in [1.82, 2.24) is 0 Å². The van der Waals surface area contributed by atoms with E-state index in [0.29, 0.717) is 13.2 Å². The highest BCUT2D eigenvalue weighted by Crippen LogP contribution is 2.25. The van der Waals surface area contributed by atoms with E-state index >= 15 is 0 Å². The van der Waals surface area contributed by atoms with Gasteiger partial charge in [0.2, 0.25) is 0 Å². The van der Waals surface area contributed by atoms with Crippen LogP contribution in [0.4, 0.5) is 0 Å². The van der Waals surface area contributed by atoms with E-state index in [-0.39, 0.29) is 12.8 Å². The molecule has 0 radical (unpaired) electrons. The Balaban J connectivity index is 1.62. The van der Waals surface area contributed by atoms with Crippen molar-refractivity contribution in [3.8, 4) is 0 Å². The first-order valence-electron chi connectivity index (χ1n) is 21.0. The zero-order valence-electron chi connectivity index (χ0n) is 33.1. The van der Waals surface area contributed by atoms with Crippen molar-refractivity contribution in [2.75, 3.05) is 26.4 Å². The van der Waals surface area contributed by atoms with Crippen LogP contribution in [0, 0.1) is 0 Å². The standard InChI is InChI=1S/C40H74O14/c1-3-5-7-9-11-13-15-17-19-21-25-49-39-37(47)35(45)33(43)29(53-39)27-51-31(41)23-24-32(42)52-28-30-34(44)36(46)38(48)40(54-30)50-26-22-20-18-16-14-12-10-8-6-4-2/h29-30,33-40,43-48H,3-28H2,1-2H3/t29-,30-,33-,34-,35+,36+,37-,38-,39+,40+/m1/s1. The Bertz CT molecular complexity index is 882. The summed E-state index contributed by atoms with van der Waals surface area (Å²) < 4.78 is 32.9. The largest absolute Gasteiger partial charge is 0.463 e. The van der Waals surface area contributed by atoms with Gasteiger partial charge in [-0.25, -0.2) is 0 Å². The zero-order chi connectivity index (χ0) is 39.6. The van der Waals surface area contributed by atoms with E-state index < -0.39 is 86.6 Å². The topological polar surface area (TPSA) is 211 Å². The number of carbonyl (C=O) groups is 2. The van der Waals surface area contributed by atoms with Crippen molar-refractivity contribution in [2.45, 2.75) is 217 Å². The Morgan fingerprint density at radius 2 is 0.722 bits per heavy atom. The first-order valence-corrected chi connectivity index (χ1v) is 21.0. The van der Waals surface area contributed by atoms with Gasteiger partial charge in [0, 0.05) is 13.2 Å². The van der Waals surface area contributed by atoms with Gasteiger partial charge >= 0.3 is 11.9 Å². The molecule has 0 saturated carbocycles. The monoisotopic (exact) mass is 779 g/mol. The average molecular weight is 779 g/mol. The summed E-state index contributed by atoms with van der Waals surface area (Å²) in [6.45, 7) is 4.12. The van der Waals surface area contributed by atoms with E-state index in [1.807, 2.05) is 0 Å². The van der Waals surface area contributed by atoms with Gasteiger partial charge in [-0.2, -0.15) is 0 Å². The number of aliphatic hydroxyl groups is 6. The molecule has 0 aromatic heterocycles. The maximum Gasteiger partial charge on any atom is 0.306 e. The van der Waals surface area contributed by atoms with Gasteiger partial charge in [-0.15, -0.1) is 0 Å². The molecule has 0 amide bonds. The van der Waals surface area contributed by atoms with Crippen molar-refractivity contribution in [1.29, 1.82) is 0 Å². The molecule has 10 atom stereocenters. The molecule has 14 heteroatoms. The smallest absolute Gasteiger partial charge is 0.306 e. The molecule has 0 aromatic rings. The fourth-order valence-electron chi connectivity index (χ4n) is 6.66. The van der Waals surface area contributed by atoms with Crippen molar-refractivity contribution in [3.05, 3.63) is 0 Å². The van der Waals surface area contributed by atoms with Crippen LogP contribution in [0.15, 0.2) is 0 Å². The highest BCUT2D eigenvalue weighted by molar-refractivity contribution is 5.77. The van der Waals surface area contributed by atoms with Crippen molar-refractivity contribution in [3.63, 3.8) is 0 Å². The number of esters is 2. The Morgan fingerprint density at radius 1 is 0.426 bits per heavy atom. The first kappa shape index (κ1) is 48.7. The van der Waals surface area contributed by atoms with Crippen LogP contribution in [0.1, 0.15) is 155 Å². The third-order valence-corrected chi connectivity index (χ3v) is 10.2. The van der Waals surface area contributed by atoms with Gasteiger partial charge in [0.05, 0.1) is 12.8 Å². The van der Waals surface area contributed by atoms with Crippen LogP contribution in [0.5, 0.6) is 0 Å². The fourth-order valence-corrected chi connectivity index (χ4v) is 6.66. The third kappa shape index (κ3) is 19.6. The SMILES string of the molecule is CCCCCCCCCCCCO[C@H]1O[C@H](COC(=O)CCC(=O)OC[C@H]2O[C@H](OCCCCCCCCCCCC)[C@H](O)[C@@H](O)[C@@H]2O)[C@@H](O)[C@H](O)[C@H]1O. The average Bonchev–Trinajstić information content (AvgIpc) is 3.17. The molecule has 0 spiro atoms. The summed E-state index contributed by atoms with van der Waals surface area (Å²) in [6, 6.07) is 0. The maximum absolute atomic E-state index is 12.4. The minimum Gasteiger partial charge on any atom is -0.463 e. The molecule has 2 fully saturated rings. The number of ether oxygens (including phenoxy) is 6. The predicted molar refractivity (Wildman–Crippen MR) is 200 cm³/mol. The Morgan fingerprint density at radius 3 is 1.04 bits per heavy atom. The van der Waals surface area contributed by atoms with E-state index in [4.69, 9.17) is 28.4 Å². The number of hydrogen-bond acceptors (Lipinski definition) is 14. The third-order valence-electron chi connectivity index (χ3n) is 10.2. The second kappa shape index (κ2) is 29.7. The maximum atomic E-state index is 12.4. The fraction of sp³-hybridized carbons (Fsp3) is 0.950. The minimum atomic E-state index is -1.57. The van der Waals surface area contributed by atoms with Crippen LogP contribution in [0.3, 0.4) is 0 Å². The molecule has 318 valence electrons. The lowest BCUT2D eigenvalue weighted by molar-refractivity contribution is -0.302. The molecule has 2 saturated heterocycles. The van der Waals surface area contributed by atoms with E-state index in [2.05, 4.69) is 13.8 Å². The Hall–Kier alpha value is -1.46. The zero-order valence-corrected chi connectivity index (χ0v) is 33.1. The van der Waals surface area contributed by atoms with Crippen LogP contribution < -0.4 is 0 Å². The van der Waals surface area contributed by atoms with E-state index in [9.17, 15) is 40.2 Å². The van der Waals surface area contributed by atoms with Gasteiger partial charge in [0.15, 0.2) is 12.6 Å². The summed E-state index contributed by atoms with van der Waals surface area (Å²) >= 11 is 0. The summed E-state index contributed by atoms with van der Waals surface area (Å²) in [7, 11) is 0. The summed E-state index contributed by atoms with van der Waals surface area (Å²) in [4.78, 5) is 24.8. The molecule has 14 nitrogen and oxygen atoms in total. The van der Waals surface area contributed by atoms with Crippen LogP contribution >= 0.6 is 0 Å². The quantitative estimate of drug-likeness (QED) is 0.0427. The van der Waals surface area contributed by atoms with Crippen LogP contribution in [-0.2, 0) is 38.0 Å². The Labute approximate surface area is 323 Å². The first-order chi connectivity index (χ1) is 26.1.